The number of carbonyl (C=O) groups is 1. The standard InChI is InChI=1S/C14H13N3O6/c15-7-10(14(20)16-2-1-3-23-8-16)4-9-5-11(17(21)22)13(19)12(18)6-9/h4-6,18-19H,1-3,8H2/b10-4+. The normalized spacial score (nSPS) is 15.1. The molecule has 120 valence electrons. The summed E-state index contributed by atoms with van der Waals surface area (Å²) in [6, 6.07) is 3.72. The number of aromatic hydroxyl groups is 2. The summed E-state index contributed by atoms with van der Waals surface area (Å²) in [7, 11) is 0. The third kappa shape index (κ3) is 3.56. The van der Waals surface area contributed by atoms with Gasteiger partial charge in [-0.15, -0.1) is 0 Å². The number of phenols is 2. The van der Waals surface area contributed by atoms with E-state index in [0.29, 0.717) is 19.6 Å². The maximum absolute atomic E-state index is 12.2. The molecule has 2 rings (SSSR count). The fourth-order valence-electron chi connectivity index (χ4n) is 2.08. The van der Waals surface area contributed by atoms with Crippen molar-refractivity contribution in [1.29, 1.82) is 5.26 Å². The Hall–Kier alpha value is -3.12. The summed E-state index contributed by atoms with van der Waals surface area (Å²) >= 11 is 0. The van der Waals surface area contributed by atoms with E-state index in [0.717, 1.165) is 18.2 Å². The van der Waals surface area contributed by atoms with Crippen LogP contribution in [0.25, 0.3) is 6.08 Å². The van der Waals surface area contributed by atoms with Gasteiger partial charge in [-0.1, -0.05) is 0 Å². The molecule has 0 bridgehead atoms. The molecule has 0 aromatic heterocycles. The first-order chi connectivity index (χ1) is 10.9. The zero-order valence-electron chi connectivity index (χ0n) is 11.9. The van der Waals surface area contributed by atoms with Crippen LogP contribution in [-0.4, -0.2) is 45.8 Å². The number of nitro groups is 1. The number of nitro benzene ring substituents is 1. The molecular weight excluding hydrogens is 306 g/mol. The Morgan fingerprint density at radius 3 is 2.78 bits per heavy atom. The summed E-state index contributed by atoms with van der Waals surface area (Å²) in [6.07, 6.45) is 1.76. The Morgan fingerprint density at radius 2 is 2.22 bits per heavy atom. The summed E-state index contributed by atoms with van der Waals surface area (Å²) in [5.41, 5.74) is -0.924. The predicted octanol–water partition coefficient (Wildman–Crippen LogP) is 1.12. The summed E-state index contributed by atoms with van der Waals surface area (Å²) in [5, 5.41) is 38.9. The highest BCUT2D eigenvalue weighted by Gasteiger charge is 2.22. The Morgan fingerprint density at radius 1 is 1.48 bits per heavy atom. The Labute approximate surface area is 130 Å². The molecule has 1 aromatic rings. The van der Waals surface area contributed by atoms with Crippen molar-refractivity contribution in [2.45, 2.75) is 6.42 Å². The van der Waals surface area contributed by atoms with E-state index in [4.69, 9.17) is 10.00 Å². The van der Waals surface area contributed by atoms with Crippen LogP contribution in [0.4, 0.5) is 5.69 Å². The summed E-state index contributed by atoms with van der Waals surface area (Å²) in [5.74, 6) is -2.15. The van der Waals surface area contributed by atoms with Crippen LogP contribution in [0.3, 0.4) is 0 Å². The minimum absolute atomic E-state index is 0.0508. The molecule has 1 fully saturated rings. The van der Waals surface area contributed by atoms with Gasteiger partial charge in [-0.25, -0.2) is 0 Å². The number of hydrogen-bond donors (Lipinski definition) is 2. The van der Waals surface area contributed by atoms with Crippen LogP contribution in [-0.2, 0) is 9.53 Å². The number of carbonyl (C=O) groups excluding carboxylic acids is 1. The van der Waals surface area contributed by atoms with Crippen LogP contribution in [0, 0.1) is 21.4 Å². The van der Waals surface area contributed by atoms with Crippen LogP contribution in [0.1, 0.15) is 12.0 Å². The molecule has 1 saturated heterocycles. The van der Waals surface area contributed by atoms with E-state index in [1.807, 2.05) is 0 Å². The average molecular weight is 319 g/mol. The number of rotatable bonds is 3. The van der Waals surface area contributed by atoms with Crippen LogP contribution in [0.5, 0.6) is 11.5 Å². The number of nitrogens with zero attached hydrogens (tertiary/aromatic N) is 3. The van der Waals surface area contributed by atoms with Gasteiger partial charge in [-0.3, -0.25) is 14.9 Å². The quantitative estimate of drug-likeness (QED) is 0.280. The third-order valence-electron chi connectivity index (χ3n) is 3.20. The molecule has 0 saturated carbocycles. The van der Waals surface area contributed by atoms with Crippen molar-refractivity contribution in [3.05, 3.63) is 33.4 Å². The maximum Gasteiger partial charge on any atom is 0.315 e. The largest absolute Gasteiger partial charge is 0.504 e. The molecule has 0 atom stereocenters. The molecule has 9 nitrogen and oxygen atoms in total. The van der Waals surface area contributed by atoms with Crippen LogP contribution in [0.2, 0.25) is 0 Å². The molecule has 1 aliphatic rings. The fourth-order valence-corrected chi connectivity index (χ4v) is 2.08. The van der Waals surface area contributed by atoms with Gasteiger partial charge in [-0.2, -0.15) is 5.26 Å². The molecule has 9 heteroatoms. The maximum atomic E-state index is 12.2. The van der Waals surface area contributed by atoms with Gasteiger partial charge in [0, 0.05) is 12.6 Å². The topological polar surface area (TPSA) is 137 Å². The van der Waals surface area contributed by atoms with Crippen molar-refractivity contribution in [3.63, 3.8) is 0 Å². The van der Waals surface area contributed by atoms with Crippen molar-refractivity contribution >= 4 is 17.7 Å². The van der Waals surface area contributed by atoms with Gasteiger partial charge in [-0.05, 0) is 24.1 Å². The third-order valence-corrected chi connectivity index (χ3v) is 3.20. The predicted molar refractivity (Wildman–Crippen MR) is 77.2 cm³/mol. The van der Waals surface area contributed by atoms with Gasteiger partial charge < -0.3 is 19.8 Å². The lowest BCUT2D eigenvalue weighted by molar-refractivity contribution is -0.386. The molecule has 2 N–H and O–H groups in total. The lowest BCUT2D eigenvalue weighted by atomic mass is 10.1. The smallest absolute Gasteiger partial charge is 0.315 e. The second-order valence-electron chi connectivity index (χ2n) is 4.79. The molecule has 1 aliphatic heterocycles. The van der Waals surface area contributed by atoms with E-state index in [2.05, 4.69) is 0 Å². The number of phenolic OH excluding ortho intramolecular Hbond substituents is 2. The summed E-state index contributed by atoms with van der Waals surface area (Å²) in [4.78, 5) is 23.5. The molecule has 23 heavy (non-hydrogen) atoms. The minimum atomic E-state index is -0.876. The Bertz CT molecular complexity index is 716. The van der Waals surface area contributed by atoms with E-state index in [-0.39, 0.29) is 17.9 Å². The molecule has 1 amide bonds. The number of nitriles is 1. The lowest BCUT2D eigenvalue weighted by Gasteiger charge is -2.26. The van der Waals surface area contributed by atoms with Crippen LogP contribution >= 0.6 is 0 Å². The van der Waals surface area contributed by atoms with Crippen LogP contribution in [0.15, 0.2) is 17.7 Å². The highest BCUT2D eigenvalue weighted by molar-refractivity contribution is 6.01. The molecule has 1 heterocycles. The van der Waals surface area contributed by atoms with Gasteiger partial charge in [0.15, 0.2) is 5.75 Å². The van der Waals surface area contributed by atoms with Crippen molar-refractivity contribution in [3.8, 4) is 17.6 Å². The fraction of sp³-hybridized carbons (Fsp3) is 0.286. The number of benzene rings is 1. The number of amides is 1. The monoisotopic (exact) mass is 319 g/mol. The second-order valence-corrected chi connectivity index (χ2v) is 4.79. The average Bonchev–Trinajstić information content (AvgIpc) is 2.55. The van der Waals surface area contributed by atoms with Crippen LogP contribution < -0.4 is 0 Å². The number of hydrogen-bond acceptors (Lipinski definition) is 7. The zero-order chi connectivity index (χ0) is 17.0. The van der Waals surface area contributed by atoms with E-state index in [9.17, 15) is 25.1 Å². The van der Waals surface area contributed by atoms with Gasteiger partial charge in [0.2, 0.25) is 5.75 Å². The SMILES string of the molecule is N#C/C(=C\c1cc(O)c(O)c([N+](=O)[O-])c1)C(=O)N1CCCOC1. The highest BCUT2D eigenvalue weighted by atomic mass is 16.6. The first-order valence-corrected chi connectivity index (χ1v) is 6.63. The van der Waals surface area contributed by atoms with Crippen molar-refractivity contribution < 1.29 is 24.7 Å². The lowest BCUT2D eigenvalue weighted by Crippen LogP contribution is -2.38. The van der Waals surface area contributed by atoms with Crippen molar-refractivity contribution in [2.75, 3.05) is 19.9 Å². The van der Waals surface area contributed by atoms with E-state index in [1.165, 1.54) is 4.90 Å². The molecule has 1 aromatic carbocycles. The van der Waals surface area contributed by atoms with Crippen molar-refractivity contribution in [1.82, 2.24) is 4.90 Å². The molecule has 0 unspecified atom stereocenters. The van der Waals surface area contributed by atoms with Gasteiger partial charge in [0.25, 0.3) is 5.91 Å². The Kier molecular flexibility index (Phi) is 4.78. The minimum Gasteiger partial charge on any atom is -0.504 e. The number of ether oxygens (including phenoxy) is 1. The molecule has 0 spiro atoms. The van der Waals surface area contributed by atoms with Gasteiger partial charge in [0.1, 0.15) is 18.4 Å². The van der Waals surface area contributed by atoms with Crippen molar-refractivity contribution in [2.24, 2.45) is 0 Å². The summed E-state index contributed by atoms with van der Waals surface area (Å²) in [6.45, 7) is 1.05. The van der Waals surface area contributed by atoms with Gasteiger partial charge in [0.05, 0.1) is 11.5 Å². The van der Waals surface area contributed by atoms with Gasteiger partial charge >= 0.3 is 5.69 Å². The van der Waals surface area contributed by atoms with E-state index in [1.54, 1.807) is 6.07 Å². The van der Waals surface area contributed by atoms with E-state index >= 15 is 0 Å². The molecule has 0 radical (unpaired) electrons. The molecular formula is C14H13N3O6. The summed E-state index contributed by atoms with van der Waals surface area (Å²) < 4.78 is 5.14. The Balaban J connectivity index is 2.36. The first-order valence-electron chi connectivity index (χ1n) is 6.63. The molecule has 0 aliphatic carbocycles. The highest BCUT2D eigenvalue weighted by Crippen LogP contribution is 2.36. The van der Waals surface area contributed by atoms with E-state index < -0.39 is 28.0 Å². The second kappa shape index (κ2) is 6.76. The first kappa shape index (κ1) is 16.3. The zero-order valence-corrected chi connectivity index (χ0v) is 11.9.